The van der Waals surface area contributed by atoms with Crippen molar-refractivity contribution in [1.29, 1.82) is 0 Å². The zero-order valence-electron chi connectivity index (χ0n) is 20.6. The van der Waals surface area contributed by atoms with Crippen molar-refractivity contribution in [3.05, 3.63) is 64.5 Å². The molecule has 4 rings (SSSR count). The fourth-order valence-electron chi connectivity index (χ4n) is 4.85. The van der Waals surface area contributed by atoms with Crippen molar-refractivity contribution in [2.75, 3.05) is 13.1 Å². The Balaban J connectivity index is 1.57. The lowest BCUT2D eigenvalue weighted by Crippen LogP contribution is -2.36. The predicted octanol–water partition coefficient (Wildman–Crippen LogP) is 6.48. The highest BCUT2D eigenvalue weighted by Crippen LogP contribution is 2.33. The van der Waals surface area contributed by atoms with Crippen molar-refractivity contribution in [2.45, 2.75) is 53.0 Å². The quantitative estimate of drug-likeness (QED) is 0.368. The van der Waals surface area contributed by atoms with Crippen LogP contribution in [-0.2, 0) is 24.2 Å². The standard InChI is InChI=1S/C28H32N4O2S/c1-5-23-22(17-32-13-11-19(12-14-32)28(33)34)7-6-8-24(23)26-30-27(35-31-26)21-10-9-20(15-18(2)3)25(16-21)29-4/h6-10,16,18-19H,5,11-15,17H2,1-3H3,(H,33,34). The van der Waals surface area contributed by atoms with Gasteiger partial charge in [-0.2, -0.15) is 4.37 Å². The average Bonchev–Trinajstić information content (AvgIpc) is 3.34. The van der Waals surface area contributed by atoms with E-state index in [1.54, 1.807) is 0 Å². The van der Waals surface area contributed by atoms with E-state index in [1.165, 1.54) is 22.7 Å². The SMILES string of the molecule is [C-]#[N+]c1cc(-c2nc(-c3cccc(CN4CCC(C(=O)O)CC4)c3CC)ns2)ccc1CC(C)C. The summed E-state index contributed by atoms with van der Waals surface area (Å²) in [5.74, 6) is 0.328. The van der Waals surface area contributed by atoms with Crippen molar-refractivity contribution in [3.8, 4) is 22.0 Å². The lowest BCUT2D eigenvalue weighted by Gasteiger charge is -2.30. The molecule has 0 saturated carbocycles. The number of carboxylic acid groups (broad SMARTS) is 1. The van der Waals surface area contributed by atoms with Gasteiger partial charge in [-0.1, -0.05) is 51.1 Å². The van der Waals surface area contributed by atoms with E-state index >= 15 is 0 Å². The van der Waals surface area contributed by atoms with Crippen LogP contribution < -0.4 is 0 Å². The molecule has 2 heterocycles. The molecule has 0 spiro atoms. The van der Waals surface area contributed by atoms with Crippen LogP contribution in [0.15, 0.2) is 36.4 Å². The van der Waals surface area contributed by atoms with E-state index in [4.69, 9.17) is 11.6 Å². The van der Waals surface area contributed by atoms with Crippen LogP contribution in [0.25, 0.3) is 26.8 Å². The summed E-state index contributed by atoms with van der Waals surface area (Å²) < 4.78 is 4.69. The summed E-state index contributed by atoms with van der Waals surface area (Å²) in [6.45, 7) is 16.5. The van der Waals surface area contributed by atoms with Gasteiger partial charge in [-0.05, 0) is 79.0 Å². The van der Waals surface area contributed by atoms with Crippen LogP contribution in [0.5, 0.6) is 0 Å². The first kappa shape index (κ1) is 25.0. The largest absolute Gasteiger partial charge is 0.481 e. The Morgan fingerprint density at radius 3 is 2.66 bits per heavy atom. The van der Waals surface area contributed by atoms with Gasteiger partial charge in [-0.25, -0.2) is 9.83 Å². The highest BCUT2D eigenvalue weighted by Gasteiger charge is 2.25. The molecular formula is C28H32N4O2S. The fourth-order valence-corrected chi connectivity index (χ4v) is 5.52. The summed E-state index contributed by atoms with van der Waals surface area (Å²) in [6.07, 6.45) is 3.17. The van der Waals surface area contributed by atoms with Gasteiger partial charge < -0.3 is 5.11 Å². The number of piperidine rings is 1. The van der Waals surface area contributed by atoms with E-state index in [9.17, 15) is 9.90 Å². The average molecular weight is 489 g/mol. The number of carboxylic acids is 1. The van der Waals surface area contributed by atoms with E-state index in [0.29, 0.717) is 24.4 Å². The molecule has 182 valence electrons. The van der Waals surface area contributed by atoms with Crippen molar-refractivity contribution in [1.82, 2.24) is 14.3 Å². The molecule has 2 aromatic carbocycles. The van der Waals surface area contributed by atoms with Crippen LogP contribution in [0.1, 0.15) is 50.3 Å². The molecule has 0 unspecified atom stereocenters. The first-order valence-electron chi connectivity index (χ1n) is 12.3. The maximum atomic E-state index is 11.3. The molecule has 3 aromatic rings. The van der Waals surface area contributed by atoms with Crippen molar-refractivity contribution >= 4 is 23.2 Å². The van der Waals surface area contributed by atoms with Crippen LogP contribution in [0.3, 0.4) is 0 Å². The monoisotopic (exact) mass is 488 g/mol. The highest BCUT2D eigenvalue weighted by molar-refractivity contribution is 7.09. The van der Waals surface area contributed by atoms with E-state index in [0.717, 1.165) is 60.0 Å². The van der Waals surface area contributed by atoms with E-state index in [2.05, 4.69) is 65.2 Å². The molecule has 1 N–H and O–H groups in total. The molecule has 1 saturated heterocycles. The molecule has 0 atom stereocenters. The second-order valence-electron chi connectivity index (χ2n) is 9.66. The van der Waals surface area contributed by atoms with Crippen molar-refractivity contribution < 1.29 is 9.90 Å². The minimum atomic E-state index is -0.676. The Labute approximate surface area is 211 Å². The second-order valence-corrected chi connectivity index (χ2v) is 10.4. The number of aliphatic carboxylic acids is 1. The number of likely N-dealkylation sites (tertiary alicyclic amines) is 1. The maximum Gasteiger partial charge on any atom is 0.306 e. The third-order valence-corrected chi connectivity index (χ3v) is 7.47. The van der Waals surface area contributed by atoms with Crippen molar-refractivity contribution in [2.24, 2.45) is 11.8 Å². The number of carbonyl (C=O) groups is 1. The molecule has 1 aliphatic rings. The highest BCUT2D eigenvalue weighted by atomic mass is 32.1. The Morgan fingerprint density at radius 2 is 2.00 bits per heavy atom. The number of benzene rings is 2. The van der Waals surface area contributed by atoms with Gasteiger partial charge in [0.2, 0.25) is 0 Å². The van der Waals surface area contributed by atoms with Gasteiger partial charge in [0.05, 0.1) is 12.5 Å². The summed E-state index contributed by atoms with van der Waals surface area (Å²) in [4.78, 5) is 22.2. The van der Waals surface area contributed by atoms with Gasteiger partial charge in [-0.15, -0.1) is 0 Å². The summed E-state index contributed by atoms with van der Waals surface area (Å²) in [7, 11) is 0. The first-order valence-corrected chi connectivity index (χ1v) is 13.1. The molecule has 1 aliphatic heterocycles. The van der Waals surface area contributed by atoms with Crippen molar-refractivity contribution in [3.63, 3.8) is 0 Å². The predicted molar refractivity (Wildman–Crippen MR) is 141 cm³/mol. The molecule has 1 fully saturated rings. The minimum absolute atomic E-state index is 0.219. The number of nitrogens with zero attached hydrogens (tertiary/aromatic N) is 4. The number of aromatic nitrogens is 2. The summed E-state index contributed by atoms with van der Waals surface area (Å²) >= 11 is 1.37. The fraction of sp³-hybridized carbons (Fsp3) is 0.429. The molecule has 1 aromatic heterocycles. The van der Waals surface area contributed by atoms with E-state index in [1.807, 2.05) is 6.07 Å². The Hall–Kier alpha value is -3.08. The molecule has 0 aliphatic carbocycles. The third kappa shape index (κ3) is 5.77. The Morgan fingerprint density at radius 1 is 1.23 bits per heavy atom. The number of rotatable bonds is 8. The summed E-state index contributed by atoms with van der Waals surface area (Å²) in [5.41, 5.74) is 6.25. The van der Waals surface area contributed by atoms with E-state index in [-0.39, 0.29) is 5.92 Å². The lowest BCUT2D eigenvalue weighted by molar-refractivity contribution is -0.143. The molecule has 0 bridgehead atoms. The van der Waals surface area contributed by atoms with Gasteiger partial charge in [0.25, 0.3) is 0 Å². The normalized spacial score (nSPS) is 14.8. The van der Waals surface area contributed by atoms with Crippen LogP contribution in [0.2, 0.25) is 0 Å². The van der Waals surface area contributed by atoms with Gasteiger partial charge in [0.15, 0.2) is 11.5 Å². The molecule has 6 nitrogen and oxygen atoms in total. The lowest BCUT2D eigenvalue weighted by atomic mass is 9.94. The van der Waals surface area contributed by atoms with Gasteiger partial charge in [0.1, 0.15) is 5.01 Å². The molecule has 0 amide bonds. The van der Waals surface area contributed by atoms with Gasteiger partial charge >= 0.3 is 5.97 Å². The molecule has 7 heteroatoms. The van der Waals surface area contributed by atoms with Gasteiger partial charge in [-0.3, -0.25) is 9.69 Å². The van der Waals surface area contributed by atoms with Crippen LogP contribution in [0, 0.1) is 18.4 Å². The maximum absolute atomic E-state index is 11.3. The number of hydrogen-bond donors (Lipinski definition) is 1. The molecule has 35 heavy (non-hydrogen) atoms. The summed E-state index contributed by atoms with van der Waals surface area (Å²) in [6, 6.07) is 12.3. The Kier molecular flexibility index (Phi) is 7.94. The van der Waals surface area contributed by atoms with Crippen LogP contribution >= 0.6 is 11.5 Å². The van der Waals surface area contributed by atoms with Gasteiger partial charge in [0, 0.05) is 17.7 Å². The van der Waals surface area contributed by atoms with Crippen LogP contribution in [-0.4, -0.2) is 38.4 Å². The number of hydrogen-bond acceptors (Lipinski definition) is 5. The third-order valence-electron chi connectivity index (χ3n) is 6.71. The zero-order chi connectivity index (χ0) is 24.9. The molecular weight excluding hydrogens is 456 g/mol. The Bertz CT molecular complexity index is 1240. The van der Waals surface area contributed by atoms with E-state index < -0.39 is 5.97 Å². The van der Waals surface area contributed by atoms with Crippen LogP contribution in [0.4, 0.5) is 5.69 Å². The molecule has 0 radical (unpaired) electrons. The summed E-state index contributed by atoms with van der Waals surface area (Å²) in [5, 5.41) is 10.1. The second kappa shape index (κ2) is 11.1. The first-order chi connectivity index (χ1) is 16.9. The minimum Gasteiger partial charge on any atom is -0.481 e. The smallest absolute Gasteiger partial charge is 0.306 e. The zero-order valence-corrected chi connectivity index (χ0v) is 21.4. The topological polar surface area (TPSA) is 70.7 Å².